The number of nitrogens with two attached hydrogens (primary N) is 1. The fourth-order valence-electron chi connectivity index (χ4n) is 5.19. The highest BCUT2D eigenvalue weighted by atomic mass is 16.6. The van der Waals surface area contributed by atoms with E-state index in [0.717, 1.165) is 37.9 Å². The monoisotopic (exact) mass is 556 g/mol. The van der Waals surface area contributed by atoms with Gasteiger partial charge in [0.25, 0.3) is 0 Å². The number of hydrogen-bond donors (Lipinski definition) is 4. The second kappa shape index (κ2) is 14.0. The molecule has 218 valence electrons. The molecule has 13 nitrogen and oxygen atoms in total. The summed E-state index contributed by atoms with van der Waals surface area (Å²) in [6, 6.07) is 6.84. The number of carbonyl (C=O) groups excluding carboxylic acids is 4. The van der Waals surface area contributed by atoms with Crippen molar-refractivity contribution in [3.63, 3.8) is 0 Å². The molecule has 0 spiro atoms. The summed E-state index contributed by atoms with van der Waals surface area (Å²) < 4.78 is 5.10. The lowest BCUT2D eigenvalue weighted by atomic mass is 9.95. The summed E-state index contributed by atoms with van der Waals surface area (Å²) >= 11 is 0. The minimum absolute atomic E-state index is 0.0253. The molecular weight excluding hydrogens is 516 g/mol. The van der Waals surface area contributed by atoms with Crippen LogP contribution in [-0.4, -0.2) is 122 Å². The molecule has 5 amide bonds. The summed E-state index contributed by atoms with van der Waals surface area (Å²) in [6.07, 6.45) is 2.02. The largest absolute Gasteiger partial charge is 0.418 e. The summed E-state index contributed by atoms with van der Waals surface area (Å²) in [4.78, 5) is 56.5. The van der Waals surface area contributed by atoms with Gasteiger partial charge in [-0.3, -0.25) is 10.2 Å². The highest BCUT2D eigenvalue weighted by Gasteiger charge is 2.30. The highest BCUT2D eigenvalue weighted by molar-refractivity contribution is 5.95. The van der Waals surface area contributed by atoms with Gasteiger partial charge in [-0.05, 0) is 43.8 Å². The second-order valence-electron chi connectivity index (χ2n) is 10.5. The van der Waals surface area contributed by atoms with Crippen molar-refractivity contribution in [1.82, 2.24) is 30.2 Å². The van der Waals surface area contributed by atoms with Crippen LogP contribution in [0, 0.1) is 11.3 Å². The van der Waals surface area contributed by atoms with Crippen LogP contribution in [0.1, 0.15) is 30.4 Å². The number of urea groups is 1. The van der Waals surface area contributed by atoms with Crippen molar-refractivity contribution < 1.29 is 23.9 Å². The molecule has 3 aliphatic heterocycles. The van der Waals surface area contributed by atoms with E-state index in [2.05, 4.69) is 10.6 Å². The van der Waals surface area contributed by atoms with Gasteiger partial charge in [-0.2, -0.15) is 0 Å². The van der Waals surface area contributed by atoms with Gasteiger partial charge < -0.3 is 40.7 Å². The molecule has 3 aliphatic rings. The Hall–Kier alpha value is -3.87. The highest BCUT2D eigenvalue weighted by Crippen LogP contribution is 2.15. The van der Waals surface area contributed by atoms with Crippen LogP contribution in [0.5, 0.6) is 0 Å². The van der Waals surface area contributed by atoms with Crippen molar-refractivity contribution in [2.75, 3.05) is 72.0 Å². The fourth-order valence-corrected chi connectivity index (χ4v) is 5.19. The first-order chi connectivity index (χ1) is 19.3. The third-order valence-electron chi connectivity index (χ3n) is 7.80. The maximum Gasteiger partial charge on any atom is 0.418 e. The summed E-state index contributed by atoms with van der Waals surface area (Å²) in [5.74, 6) is 0.558. The number of rotatable bonds is 6. The molecule has 3 fully saturated rings. The molecule has 0 bridgehead atoms. The second-order valence-corrected chi connectivity index (χ2v) is 10.5. The van der Waals surface area contributed by atoms with Crippen molar-refractivity contribution in [3.8, 4) is 0 Å². The first kappa shape index (κ1) is 29.1. The topological polar surface area (TPSA) is 164 Å². The van der Waals surface area contributed by atoms with Crippen molar-refractivity contribution in [3.05, 3.63) is 35.4 Å². The molecular formula is C27H40N8O5. The minimum Gasteiger partial charge on any atom is -0.384 e. The van der Waals surface area contributed by atoms with E-state index in [1.807, 2.05) is 0 Å². The van der Waals surface area contributed by atoms with E-state index in [1.54, 1.807) is 34.1 Å². The quantitative estimate of drug-likeness (QED) is 0.227. The van der Waals surface area contributed by atoms with Gasteiger partial charge in [0.15, 0.2) is 0 Å². The zero-order valence-corrected chi connectivity index (χ0v) is 22.9. The first-order valence-corrected chi connectivity index (χ1v) is 14.0. The standard InChI is InChI=1S/C27H40N8O5/c28-24(29)22-3-1-21(2-4-22)19-23(36)32-11-15-34(16-12-32)26(38)40-27(39)35-17-13-33(14-18-35)25(37)31-10-7-20-5-8-30-9-6-20/h1-4,20,30H,5-19H2,(H3,28,29)(H,31,37). The van der Waals surface area contributed by atoms with Gasteiger partial charge in [0.2, 0.25) is 5.91 Å². The number of benzene rings is 1. The number of piperidine rings is 1. The van der Waals surface area contributed by atoms with Crippen LogP contribution in [0.3, 0.4) is 0 Å². The van der Waals surface area contributed by atoms with Gasteiger partial charge in [-0.25, -0.2) is 14.4 Å². The smallest absolute Gasteiger partial charge is 0.384 e. The predicted octanol–water partition coefficient (Wildman–Crippen LogP) is 0.631. The summed E-state index contributed by atoms with van der Waals surface area (Å²) in [6.45, 7) is 5.29. The Kier molecular flexibility index (Phi) is 10.2. The Morgan fingerprint density at radius 3 is 1.93 bits per heavy atom. The zero-order valence-electron chi connectivity index (χ0n) is 22.9. The molecule has 0 aliphatic carbocycles. The zero-order chi connectivity index (χ0) is 28.5. The van der Waals surface area contributed by atoms with E-state index in [9.17, 15) is 19.2 Å². The third kappa shape index (κ3) is 8.07. The van der Waals surface area contributed by atoms with Crippen LogP contribution in [0.25, 0.3) is 0 Å². The average molecular weight is 557 g/mol. The molecule has 3 saturated heterocycles. The molecule has 1 aromatic rings. The van der Waals surface area contributed by atoms with E-state index in [1.165, 1.54) is 9.80 Å². The molecule has 13 heteroatoms. The van der Waals surface area contributed by atoms with E-state index in [0.29, 0.717) is 57.3 Å². The fraction of sp³-hybridized carbons (Fsp3) is 0.593. The Morgan fingerprint density at radius 1 is 0.850 bits per heavy atom. The van der Waals surface area contributed by atoms with Gasteiger partial charge in [0.1, 0.15) is 5.84 Å². The number of hydrogen-bond acceptors (Lipinski definition) is 7. The molecule has 40 heavy (non-hydrogen) atoms. The maximum atomic E-state index is 12.7. The molecule has 1 aromatic carbocycles. The van der Waals surface area contributed by atoms with Crippen LogP contribution in [0.4, 0.5) is 14.4 Å². The molecule has 0 unspecified atom stereocenters. The minimum atomic E-state index is -0.727. The Balaban J connectivity index is 1.12. The molecule has 3 heterocycles. The molecule has 5 N–H and O–H groups in total. The Morgan fingerprint density at radius 2 is 1.38 bits per heavy atom. The normalized spacial score (nSPS) is 18.3. The van der Waals surface area contributed by atoms with Crippen LogP contribution in [-0.2, 0) is 16.0 Å². The first-order valence-electron chi connectivity index (χ1n) is 14.0. The van der Waals surface area contributed by atoms with Crippen molar-refractivity contribution in [2.24, 2.45) is 11.7 Å². The number of nitrogens with one attached hydrogen (secondary N) is 3. The molecule has 0 atom stereocenters. The lowest BCUT2D eigenvalue weighted by Gasteiger charge is -2.36. The van der Waals surface area contributed by atoms with Crippen molar-refractivity contribution >= 4 is 30.0 Å². The average Bonchev–Trinajstić information content (AvgIpc) is 2.98. The van der Waals surface area contributed by atoms with Crippen LogP contribution in [0.15, 0.2) is 24.3 Å². The molecule has 0 radical (unpaired) electrons. The van der Waals surface area contributed by atoms with Crippen LogP contribution < -0.4 is 16.4 Å². The Labute approximate surface area is 234 Å². The number of amides is 5. The van der Waals surface area contributed by atoms with E-state index in [-0.39, 0.29) is 37.3 Å². The summed E-state index contributed by atoms with van der Waals surface area (Å²) in [7, 11) is 0. The summed E-state index contributed by atoms with van der Waals surface area (Å²) in [5, 5.41) is 13.8. The lowest BCUT2D eigenvalue weighted by molar-refractivity contribution is -0.132. The van der Waals surface area contributed by atoms with Gasteiger partial charge >= 0.3 is 18.2 Å². The van der Waals surface area contributed by atoms with E-state index >= 15 is 0 Å². The SMILES string of the molecule is N=C(N)c1ccc(CC(=O)N2CCN(C(=O)OC(=O)N3CCN(C(=O)NCCC4CCNCC4)CC3)CC2)cc1. The van der Waals surface area contributed by atoms with Gasteiger partial charge in [0.05, 0.1) is 6.42 Å². The lowest BCUT2D eigenvalue weighted by Crippen LogP contribution is -2.55. The van der Waals surface area contributed by atoms with Gasteiger partial charge in [0, 0.05) is 64.5 Å². The number of amidine groups is 1. The third-order valence-corrected chi connectivity index (χ3v) is 7.80. The van der Waals surface area contributed by atoms with Crippen LogP contribution >= 0.6 is 0 Å². The summed E-state index contributed by atoms with van der Waals surface area (Å²) in [5.41, 5.74) is 6.88. The maximum absolute atomic E-state index is 12.7. The van der Waals surface area contributed by atoms with Gasteiger partial charge in [-0.15, -0.1) is 0 Å². The predicted molar refractivity (Wildman–Crippen MR) is 148 cm³/mol. The van der Waals surface area contributed by atoms with E-state index in [4.69, 9.17) is 15.9 Å². The van der Waals surface area contributed by atoms with Gasteiger partial charge in [-0.1, -0.05) is 24.3 Å². The number of nitrogen functional groups attached to an aromatic ring is 1. The number of nitrogens with zero attached hydrogens (tertiary/aromatic N) is 4. The number of carbonyl (C=O) groups is 4. The molecule has 0 aromatic heterocycles. The molecule has 4 rings (SSSR count). The van der Waals surface area contributed by atoms with Crippen molar-refractivity contribution in [1.29, 1.82) is 5.41 Å². The molecule has 0 saturated carbocycles. The number of ether oxygens (including phenoxy) is 1. The Bertz CT molecular complexity index is 1060. The van der Waals surface area contributed by atoms with Crippen LogP contribution in [0.2, 0.25) is 0 Å². The van der Waals surface area contributed by atoms with Crippen molar-refractivity contribution in [2.45, 2.75) is 25.7 Å². The number of piperazine rings is 2. The van der Waals surface area contributed by atoms with E-state index < -0.39 is 12.2 Å².